The van der Waals surface area contributed by atoms with Crippen molar-refractivity contribution in [1.82, 2.24) is 5.32 Å². The number of carboxylic acid groups (broad SMARTS) is 1. The molecule has 0 fully saturated rings. The van der Waals surface area contributed by atoms with Crippen LogP contribution in [0.3, 0.4) is 0 Å². The van der Waals surface area contributed by atoms with E-state index in [1.165, 1.54) is 11.1 Å². The molecule has 0 saturated carbocycles. The maximum Gasteiger partial charge on any atom is 0.304 e. The van der Waals surface area contributed by atoms with Gasteiger partial charge < -0.3 is 10.4 Å². The summed E-state index contributed by atoms with van der Waals surface area (Å²) in [5.74, 6) is -0.750. The Kier molecular flexibility index (Phi) is 5.57. The van der Waals surface area contributed by atoms with E-state index in [1.54, 1.807) is 0 Å². The molecule has 2 N–H and O–H groups in total. The van der Waals surface area contributed by atoms with Crippen molar-refractivity contribution < 1.29 is 9.90 Å². The van der Waals surface area contributed by atoms with Crippen molar-refractivity contribution in [2.24, 2.45) is 0 Å². The molecule has 0 amide bonds. The summed E-state index contributed by atoms with van der Waals surface area (Å²) in [6.07, 6.45) is 2.20. The zero-order chi connectivity index (χ0) is 11.8. The normalized spacial score (nSPS) is 10.3. The first-order valence-corrected chi connectivity index (χ1v) is 5.72. The molecule has 0 heterocycles. The van der Waals surface area contributed by atoms with E-state index >= 15 is 0 Å². The Labute approximate surface area is 96.5 Å². The van der Waals surface area contributed by atoms with Gasteiger partial charge >= 0.3 is 5.97 Å². The molecule has 0 aromatic heterocycles. The minimum Gasteiger partial charge on any atom is -0.481 e. The Hall–Kier alpha value is -1.35. The van der Waals surface area contributed by atoms with Crippen molar-refractivity contribution >= 4 is 5.97 Å². The fourth-order valence-corrected chi connectivity index (χ4v) is 1.56. The van der Waals surface area contributed by atoms with Gasteiger partial charge in [0.1, 0.15) is 0 Å². The van der Waals surface area contributed by atoms with Gasteiger partial charge in [0.25, 0.3) is 0 Å². The summed E-state index contributed by atoms with van der Waals surface area (Å²) in [4.78, 5) is 10.3. The van der Waals surface area contributed by atoms with Gasteiger partial charge in [-0.15, -0.1) is 0 Å². The van der Waals surface area contributed by atoms with Crippen LogP contribution >= 0.6 is 0 Å². The molecule has 0 spiro atoms. The van der Waals surface area contributed by atoms with Crippen LogP contribution in [-0.4, -0.2) is 24.2 Å². The van der Waals surface area contributed by atoms with Crippen molar-refractivity contribution in [3.8, 4) is 0 Å². The third kappa shape index (κ3) is 4.94. The van der Waals surface area contributed by atoms with Crippen molar-refractivity contribution in [3.05, 3.63) is 35.4 Å². The Balaban J connectivity index is 2.23. The molecule has 0 atom stereocenters. The van der Waals surface area contributed by atoms with Crippen molar-refractivity contribution in [3.63, 3.8) is 0 Å². The second kappa shape index (κ2) is 7.01. The number of hydrogen-bond donors (Lipinski definition) is 2. The molecular formula is C13H19NO2. The zero-order valence-electron chi connectivity index (χ0n) is 9.70. The summed E-state index contributed by atoms with van der Waals surface area (Å²) in [7, 11) is 0. The van der Waals surface area contributed by atoms with E-state index < -0.39 is 5.97 Å². The van der Waals surface area contributed by atoms with Gasteiger partial charge in [-0.05, 0) is 30.5 Å². The monoisotopic (exact) mass is 221 g/mol. The van der Waals surface area contributed by atoms with Gasteiger partial charge in [0.15, 0.2) is 0 Å². The smallest absolute Gasteiger partial charge is 0.304 e. The number of aliphatic carboxylic acids is 1. The summed E-state index contributed by atoms with van der Waals surface area (Å²) in [6, 6.07) is 8.52. The van der Waals surface area contributed by atoms with Crippen LogP contribution in [0.25, 0.3) is 0 Å². The number of nitrogens with one attached hydrogen (secondary N) is 1. The minimum atomic E-state index is -0.750. The highest BCUT2D eigenvalue weighted by atomic mass is 16.4. The molecule has 0 aliphatic carbocycles. The van der Waals surface area contributed by atoms with Crippen LogP contribution in [0.4, 0.5) is 0 Å². The van der Waals surface area contributed by atoms with Crippen LogP contribution in [0.1, 0.15) is 24.5 Å². The molecule has 1 aromatic carbocycles. The lowest BCUT2D eigenvalue weighted by atomic mass is 10.1. The minimum absolute atomic E-state index is 0.189. The zero-order valence-corrected chi connectivity index (χ0v) is 9.70. The molecule has 16 heavy (non-hydrogen) atoms. The predicted molar refractivity (Wildman–Crippen MR) is 64.6 cm³/mol. The van der Waals surface area contributed by atoms with Gasteiger partial charge in [0, 0.05) is 6.54 Å². The Morgan fingerprint density at radius 2 is 2.06 bits per heavy atom. The number of carboxylic acids is 1. The molecule has 0 radical (unpaired) electrons. The van der Waals surface area contributed by atoms with E-state index in [-0.39, 0.29) is 6.42 Å². The molecule has 88 valence electrons. The van der Waals surface area contributed by atoms with Crippen molar-refractivity contribution in [2.45, 2.75) is 26.2 Å². The van der Waals surface area contributed by atoms with Crippen LogP contribution in [0.5, 0.6) is 0 Å². The summed E-state index contributed by atoms with van der Waals surface area (Å²) in [5.41, 5.74) is 2.66. The summed E-state index contributed by atoms with van der Waals surface area (Å²) in [5, 5.41) is 11.6. The molecule has 3 heteroatoms. The van der Waals surface area contributed by atoms with Gasteiger partial charge in [0.2, 0.25) is 0 Å². The van der Waals surface area contributed by atoms with Crippen LogP contribution < -0.4 is 5.32 Å². The Morgan fingerprint density at radius 1 is 1.31 bits per heavy atom. The number of benzene rings is 1. The lowest BCUT2D eigenvalue weighted by molar-refractivity contribution is -0.136. The lowest BCUT2D eigenvalue weighted by Gasteiger charge is -2.05. The Bertz CT molecular complexity index is 336. The summed E-state index contributed by atoms with van der Waals surface area (Å²) in [6.45, 7) is 3.52. The first-order valence-electron chi connectivity index (χ1n) is 5.72. The summed E-state index contributed by atoms with van der Waals surface area (Å²) < 4.78 is 0. The van der Waals surface area contributed by atoms with Gasteiger partial charge in [-0.1, -0.05) is 31.2 Å². The predicted octanol–water partition coefficient (Wildman–Crippen LogP) is 1.86. The van der Waals surface area contributed by atoms with Crippen LogP contribution in [0, 0.1) is 0 Å². The fourth-order valence-electron chi connectivity index (χ4n) is 1.56. The first-order chi connectivity index (χ1) is 7.72. The lowest BCUT2D eigenvalue weighted by Crippen LogP contribution is -2.20. The van der Waals surface area contributed by atoms with E-state index in [1.807, 2.05) is 0 Å². The topological polar surface area (TPSA) is 49.3 Å². The van der Waals surface area contributed by atoms with E-state index in [2.05, 4.69) is 36.5 Å². The SMILES string of the molecule is CCc1cccc(CCNCCC(=O)O)c1. The second-order valence-electron chi connectivity index (χ2n) is 3.82. The molecule has 1 rings (SSSR count). The molecule has 0 unspecified atom stereocenters. The fraction of sp³-hybridized carbons (Fsp3) is 0.462. The third-order valence-electron chi connectivity index (χ3n) is 2.51. The molecular weight excluding hydrogens is 202 g/mol. The van der Waals surface area contributed by atoms with Gasteiger partial charge in [-0.3, -0.25) is 4.79 Å². The van der Waals surface area contributed by atoms with E-state index in [0.717, 1.165) is 19.4 Å². The number of aryl methyl sites for hydroxylation is 1. The Morgan fingerprint density at radius 3 is 2.75 bits per heavy atom. The second-order valence-corrected chi connectivity index (χ2v) is 3.82. The summed E-state index contributed by atoms with van der Waals surface area (Å²) >= 11 is 0. The third-order valence-corrected chi connectivity index (χ3v) is 2.51. The molecule has 0 bridgehead atoms. The van der Waals surface area contributed by atoms with Crippen LogP contribution in [0.2, 0.25) is 0 Å². The average Bonchev–Trinajstić information content (AvgIpc) is 2.28. The largest absolute Gasteiger partial charge is 0.481 e. The molecule has 0 aliphatic heterocycles. The highest BCUT2D eigenvalue weighted by molar-refractivity contribution is 5.66. The van der Waals surface area contributed by atoms with E-state index in [4.69, 9.17) is 5.11 Å². The molecule has 1 aromatic rings. The van der Waals surface area contributed by atoms with Gasteiger partial charge in [-0.25, -0.2) is 0 Å². The molecule has 0 saturated heterocycles. The number of carbonyl (C=O) groups is 1. The number of hydrogen-bond acceptors (Lipinski definition) is 2. The quantitative estimate of drug-likeness (QED) is 0.691. The van der Waals surface area contributed by atoms with E-state index in [0.29, 0.717) is 6.54 Å². The van der Waals surface area contributed by atoms with Crippen molar-refractivity contribution in [1.29, 1.82) is 0 Å². The number of rotatable bonds is 7. The highest BCUT2D eigenvalue weighted by Gasteiger charge is 1.97. The van der Waals surface area contributed by atoms with Crippen molar-refractivity contribution in [2.75, 3.05) is 13.1 Å². The highest BCUT2D eigenvalue weighted by Crippen LogP contribution is 2.06. The first kappa shape index (κ1) is 12.7. The van der Waals surface area contributed by atoms with Crippen LogP contribution in [-0.2, 0) is 17.6 Å². The average molecular weight is 221 g/mol. The van der Waals surface area contributed by atoms with Gasteiger partial charge in [0.05, 0.1) is 6.42 Å². The molecule has 3 nitrogen and oxygen atoms in total. The van der Waals surface area contributed by atoms with Crippen LogP contribution in [0.15, 0.2) is 24.3 Å². The standard InChI is InChI=1S/C13H19NO2/c1-2-11-4-3-5-12(10-11)6-8-14-9-7-13(15)16/h3-5,10,14H,2,6-9H2,1H3,(H,15,16). The maximum atomic E-state index is 10.3. The van der Waals surface area contributed by atoms with E-state index in [9.17, 15) is 4.79 Å². The maximum absolute atomic E-state index is 10.3. The van der Waals surface area contributed by atoms with Gasteiger partial charge in [-0.2, -0.15) is 0 Å². The molecule has 0 aliphatic rings.